The van der Waals surface area contributed by atoms with Gasteiger partial charge >= 0.3 is 6.03 Å². The molecular weight excluding hydrogens is 192 g/mol. The van der Waals surface area contributed by atoms with Crippen molar-refractivity contribution < 1.29 is 4.79 Å². The molecular formula is C10H16N4O. The lowest BCUT2D eigenvalue weighted by atomic mass is 9.87. The number of primary amides is 1. The highest BCUT2D eigenvalue weighted by atomic mass is 16.2. The Morgan fingerprint density at radius 2 is 2.20 bits per heavy atom. The molecule has 5 heteroatoms. The molecule has 0 bridgehead atoms. The molecule has 1 aliphatic carbocycles. The van der Waals surface area contributed by atoms with Crippen LogP contribution in [-0.4, -0.2) is 15.9 Å². The Balaban J connectivity index is 2.02. The summed E-state index contributed by atoms with van der Waals surface area (Å²) < 4.78 is 0. The molecule has 0 saturated heterocycles. The summed E-state index contributed by atoms with van der Waals surface area (Å²) >= 11 is 0. The first-order valence-corrected chi connectivity index (χ1v) is 5.38. The zero-order valence-corrected chi connectivity index (χ0v) is 8.65. The Morgan fingerprint density at radius 3 is 2.87 bits per heavy atom. The van der Waals surface area contributed by atoms with Crippen molar-refractivity contribution in [1.82, 2.24) is 9.89 Å². The molecule has 1 aliphatic rings. The first-order valence-electron chi connectivity index (χ1n) is 5.38. The number of hydrogen-bond acceptors (Lipinski definition) is 2. The average Bonchev–Trinajstić information content (AvgIpc) is 2.67. The number of aromatic nitrogens is 2. The van der Waals surface area contributed by atoms with Gasteiger partial charge in [0.2, 0.25) is 0 Å². The van der Waals surface area contributed by atoms with Gasteiger partial charge in [-0.3, -0.25) is 0 Å². The number of carbonyl (C=O) groups excluding carboxylic acids is 1. The molecule has 5 nitrogen and oxygen atoms in total. The van der Waals surface area contributed by atoms with Crippen LogP contribution in [-0.2, 0) is 0 Å². The molecule has 82 valence electrons. The minimum absolute atomic E-state index is 0.551. The van der Waals surface area contributed by atoms with Gasteiger partial charge < -0.3 is 5.73 Å². The van der Waals surface area contributed by atoms with Gasteiger partial charge in [-0.1, -0.05) is 19.3 Å². The molecule has 15 heavy (non-hydrogen) atoms. The van der Waals surface area contributed by atoms with Crippen LogP contribution in [0.4, 0.5) is 4.79 Å². The molecule has 2 rings (SSSR count). The molecule has 1 fully saturated rings. The van der Waals surface area contributed by atoms with Crippen molar-refractivity contribution in [2.75, 3.05) is 5.43 Å². The third-order valence-corrected chi connectivity index (χ3v) is 2.86. The van der Waals surface area contributed by atoms with Crippen LogP contribution in [0.5, 0.6) is 0 Å². The van der Waals surface area contributed by atoms with Gasteiger partial charge in [0.1, 0.15) is 0 Å². The Labute approximate surface area is 88.6 Å². The van der Waals surface area contributed by atoms with Crippen molar-refractivity contribution >= 4 is 6.03 Å². The minimum atomic E-state index is -0.590. The van der Waals surface area contributed by atoms with Crippen LogP contribution in [0, 0.1) is 0 Å². The third-order valence-electron chi connectivity index (χ3n) is 2.86. The van der Waals surface area contributed by atoms with Gasteiger partial charge in [0.25, 0.3) is 0 Å². The predicted molar refractivity (Wildman–Crippen MR) is 57.0 cm³/mol. The van der Waals surface area contributed by atoms with Crippen LogP contribution in [0.1, 0.15) is 43.7 Å². The summed E-state index contributed by atoms with van der Waals surface area (Å²) in [7, 11) is 0. The molecule has 0 aromatic carbocycles. The normalized spacial score (nSPS) is 17.6. The molecule has 0 spiro atoms. The van der Waals surface area contributed by atoms with Gasteiger partial charge in [0.15, 0.2) is 0 Å². The summed E-state index contributed by atoms with van der Waals surface area (Å²) in [6, 6.07) is 1.36. The van der Waals surface area contributed by atoms with Gasteiger partial charge in [-0.2, -0.15) is 9.89 Å². The predicted octanol–water partition coefficient (Wildman–Crippen LogP) is 1.55. The fraction of sp³-hybridized carbons (Fsp3) is 0.600. The molecule has 0 unspecified atom stereocenters. The fourth-order valence-corrected chi connectivity index (χ4v) is 2.13. The molecule has 0 aliphatic heterocycles. The summed E-state index contributed by atoms with van der Waals surface area (Å²) in [5, 5.41) is 4.28. The summed E-state index contributed by atoms with van der Waals surface area (Å²) in [5.74, 6) is 0.551. The number of nitrogens with two attached hydrogens (primary N) is 1. The average molecular weight is 208 g/mol. The standard InChI is InChI=1S/C10H16N4O/c11-10(15)13-14-7-6-9(12-14)8-4-2-1-3-5-8/h6-8H,1-5H2,(H3,11,13,15). The Kier molecular flexibility index (Phi) is 2.89. The van der Waals surface area contributed by atoms with E-state index in [2.05, 4.69) is 10.5 Å². The maximum absolute atomic E-state index is 10.6. The second-order valence-electron chi connectivity index (χ2n) is 4.00. The topological polar surface area (TPSA) is 72.9 Å². The molecule has 1 aromatic rings. The van der Waals surface area contributed by atoms with Crippen molar-refractivity contribution in [3.63, 3.8) is 0 Å². The number of amides is 2. The number of rotatable bonds is 2. The van der Waals surface area contributed by atoms with Gasteiger partial charge in [0.05, 0.1) is 5.69 Å². The molecule has 0 atom stereocenters. The summed E-state index contributed by atoms with van der Waals surface area (Å²) in [4.78, 5) is 12.0. The lowest BCUT2D eigenvalue weighted by Gasteiger charge is -2.19. The highest BCUT2D eigenvalue weighted by molar-refractivity contribution is 5.79. The van der Waals surface area contributed by atoms with Crippen molar-refractivity contribution in [2.45, 2.75) is 38.0 Å². The molecule has 1 aromatic heterocycles. The van der Waals surface area contributed by atoms with Crippen LogP contribution in [0.25, 0.3) is 0 Å². The number of nitrogens with one attached hydrogen (secondary N) is 1. The quantitative estimate of drug-likeness (QED) is 0.774. The lowest BCUT2D eigenvalue weighted by Crippen LogP contribution is -2.28. The number of urea groups is 1. The largest absolute Gasteiger partial charge is 0.350 e. The number of hydrogen-bond donors (Lipinski definition) is 2. The smallest absolute Gasteiger partial charge is 0.332 e. The molecule has 0 radical (unpaired) electrons. The van der Waals surface area contributed by atoms with E-state index in [0.29, 0.717) is 5.92 Å². The van der Waals surface area contributed by atoms with Gasteiger partial charge in [0, 0.05) is 12.1 Å². The van der Waals surface area contributed by atoms with E-state index in [0.717, 1.165) is 5.69 Å². The van der Waals surface area contributed by atoms with E-state index in [1.54, 1.807) is 6.20 Å². The van der Waals surface area contributed by atoms with Crippen molar-refractivity contribution in [1.29, 1.82) is 0 Å². The highest BCUT2D eigenvalue weighted by Crippen LogP contribution is 2.31. The second kappa shape index (κ2) is 4.33. The van der Waals surface area contributed by atoms with E-state index >= 15 is 0 Å². The Bertz CT molecular complexity index is 341. The van der Waals surface area contributed by atoms with E-state index in [9.17, 15) is 4.79 Å². The maximum atomic E-state index is 10.6. The van der Waals surface area contributed by atoms with Crippen LogP contribution in [0.15, 0.2) is 12.3 Å². The van der Waals surface area contributed by atoms with Crippen LogP contribution < -0.4 is 11.2 Å². The summed E-state index contributed by atoms with van der Waals surface area (Å²) in [6.45, 7) is 0. The van der Waals surface area contributed by atoms with E-state index in [1.807, 2.05) is 6.07 Å². The first kappa shape index (κ1) is 10.0. The van der Waals surface area contributed by atoms with Crippen molar-refractivity contribution in [3.05, 3.63) is 18.0 Å². The molecule has 1 saturated carbocycles. The number of nitrogens with zero attached hydrogens (tertiary/aromatic N) is 2. The van der Waals surface area contributed by atoms with Crippen LogP contribution in [0.3, 0.4) is 0 Å². The summed E-state index contributed by atoms with van der Waals surface area (Å²) in [5.41, 5.74) is 8.47. The van der Waals surface area contributed by atoms with Crippen LogP contribution >= 0.6 is 0 Å². The fourth-order valence-electron chi connectivity index (χ4n) is 2.13. The Morgan fingerprint density at radius 1 is 1.47 bits per heavy atom. The van der Waals surface area contributed by atoms with E-state index in [1.165, 1.54) is 36.9 Å². The summed E-state index contributed by atoms with van der Waals surface area (Å²) in [6.07, 6.45) is 8.02. The first-order chi connectivity index (χ1) is 7.25. The van der Waals surface area contributed by atoms with E-state index < -0.39 is 6.03 Å². The zero-order valence-electron chi connectivity index (χ0n) is 8.65. The molecule has 1 heterocycles. The maximum Gasteiger partial charge on any atom is 0.332 e. The monoisotopic (exact) mass is 208 g/mol. The van der Waals surface area contributed by atoms with E-state index in [-0.39, 0.29) is 0 Å². The van der Waals surface area contributed by atoms with E-state index in [4.69, 9.17) is 5.73 Å². The Hall–Kier alpha value is -1.52. The van der Waals surface area contributed by atoms with Gasteiger partial charge in [-0.25, -0.2) is 10.2 Å². The number of carbonyl (C=O) groups is 1. The lowest BCUT2D eigenvalue weighted by molar-refractivity contribution is 0.256. The third kappa shape index (κ3) is 2.49. The zero-order chi connectivity index (χ0) is 10.7. The van der Waals surface area contributed by atoms with Crippen molar-refractivity contribution in [2.24, 2.45) is 5.73 Å². The highest BCUT2D eigenvalue weighted by Gasteiger charge is 2.17. The second-order valence-corrected chi connectivity index (χ2v) is 4.00. The molecule has 2 amide bonds. The SMILES string of the molecule is NC(=O)Nn1ccc(C2CCCCC2)n1. The van der Waals surface area contributed by atoms with Crippen molar-refractivity contribution in [3.8, 4) is 0 Å². The van der Waals surface area contributed by atoms with Gasteiger partial charge in [-0.15, -0.1) is 0 Å². The van der Waals surface area contributed by atoms with Gasteiger partial charge in [-0.05, 0) is 18.9 Å². The minimum Gasteiger partial charge on any atom is -0.350 e. The van der Waals surface area contributed by atoms with Crippen LogP contribution in [0.2, 0.25) is 0 Å². The molecule has 3 N–H and O–H groups in total.